The third kappa shape index (κ3) is 4.52. The van der Waals surface area contributed by atoms with Crippen molar-refractivity contribution in [2.75, 3.05) is 6.54 Å². The number of thiophene rings is 1. The number of aryl methyl sites for hydroxylation is 2. The highest BCUT2D eigenvalue weighted by atomic mass is 35.5. The van der Waals surface area contributed by atoms with Crippen LogP contribution >= 0.6 is 23.7 Å². The Labute approximate surface area is 135 Å². The highest BCUT2D eigenvalue weighted by molar-refractivity contribution is 7.91. The summed E-state index contributed by atoms with van der Waals surface area (Å²) in [6.07, 6.45) is 0. The van der Waals surface area contributed by atoms with Gasteiger partial charge in [-0.25, -0.2) is 13.1 Å². The van der Waals surface area contributed by atoms with Crippen LogP contribution in [0.1, 0.15) is 22.0 Å². The van der Waals surface area contributed by atoms with Gasteiger partial charge in [0.15, 0.2) is 0 Å². The van der Waals surface area contributed by atoms with Gasteiger partial charge in [0.05, 0.1) is 0 Å². The van der Waals surface area contributed by atoms with Crippen molar-refractivity contribution in [1.29, 1.82) is 0 Å². The van der Waals surface area contributed by atoms with Crippen LogP contribution in [0.25, 0.3) is 0 Å². The first-order valence-corrected chi connectivity index (χ1v) is 8.57. The van der Waals surface area contributed by atoms with Gasteiger partial charge >= 0.3 is 0 Å². The minimum atomic E-state index is -3.48. The lowest BCUT2D eigenvalue weighted by Crippen LogP contribution is -2.31. The Morgan fingerprint density at radius 2 is 1.86 bits per heavy atom. The number of halogens is 1. The van der Waals surface area contributed by atoms with E-state index in [9.17, 15) is 8.42 Å². The molecule has 0 amide bonds. The zero-order valence-electron chi connectivity index (χ0n) is 11.9. The molecule has 4 nitrogen and oxygen atoms in total. The lowest BCUT2D eigenvalue weighted by molar-refractivity contribution is 0.574. The largest absolute Gasteiger partial charge is 0.323 e. The first kappa shape index (κ1) is 18.1. The van der Waals surface area contributed by atoms with Crippen molar-refractivity contribution in [1.82, 2.24) is 4.72 Å². The van der Waals surface area contributed by atoms with Gasteiger partial charge in [-0.15, -0.1) is 23.7 Å². The molecule has 2 rings (SSSR count). The van der Waals surface area contributed by atoms with Gasteiger partial charge in [-0.1, -0.05) is 30.3 Å². The normalized spacial score (nSPS) is 12.7. The summed E-state index contributed by atoms with van der Waals surface area (Å²) in [6.45, 7) is 3.88. The second kappa shape index (κ2) is 7.38. The van der Waals surface area contributed by atoms with E-state index in [1.807, 2.05) is 43.3 Å². The molecule has 3 N–H and O–H groups in total. The second-order valence-electron chi connectivity index (χ2n) is 4.70. The molecule has 0 radical (unpaired) electrons. The van der Waals surface area contributed by atoms with Gasteiger partial charge in [0, 0.05) is 17.5 Å². The van der Waals surface area contributed by atoms with E-state index < -0.39 is 10.0 Å². The SMILES string of the molecule is Cc1cc(C)c(S(=O)(=O)NCC(N)c2ccccc2)s1.Cl. The monoisotopic (exact) mass is 346 g/mol. The quantitative estimate of drug-likeness (QED) is 0.874. The fourth-order valence-corrected chi connectivity index (χ4v) is 4.74. The molecule has 1 heterocycles. The number of nitrogens with one attached hydrogen (secondary N) is 1. The van der Waals surface area contributed by atoms with Crippen molar-refractivity contribution >= 4 is 33.8 Å². The van der Waals surface area contributed by atoms with E-state index >= 15 is 0 Å². The molecule has 0 spiro atoms. The lowest BCUT2D eigenvalue weighted by Gasteiger charge is -2.13. The van der Waals surface area contributed by atoms with Crippen molar-refractivity contribution in [2.45, 2.75) is 24.1 Å². The number of sulfonamides is 1. The highest BCUT2D eigenvalue weighted by Crippen LogP contribution is 2.25. The molecule has 1 atom stereocenters. The van der Waals surface area contributed by atoms with E-state index in [0.717, 1.165) is 16.0 Å². The first-order valence-electron chi connectivity index (χ1n) is 6.27. The van der Waals surface area contributed by atoms with Crippen LogP contribution in [0.2, 0.25) is 0 Å². The fourth-order valence-electron chi connectivity index (χ4n) is 1.97. The molecule has 2 aromatic rings. The smallest absolute Gasteiger partial charge is 0.250 e. The van der Waals surface area contributed by atoms with Crippen molar-refractivity contribution in [3.8, 4) is 0 Å². The van der Waals surface area contributed by atoms with Gasteiger partial charge in [-0.2, -0.15) is 0 Å². The molecule has 21 heavy (non-hydrogen) atoms. The minimum absolute atomic E-state index is 0. The van der Waals surface area contributed by atoms with Gasteiger partial charge in [0.1, 0.15) is 4.21 Å². The van der Waals surface area contributed by atoms with Crippen LogP contribution in [0.15, 0.2) is 40.6 Å². The molecule has 1 unspecified atom stereocenters. The zero-order valence-corrected chi connectivity index (χ0v) is 14.3. The number of hydrogen-bond donors (Lipinski definition) is 2. The maximum atomic E-state index is 12.2. The Balaban J connectivity index is 0.00000220. The highest BCUT2D eigenvalue weighted by Gasteiger charge is 2.20. The standard InChI is InChI=1S/C14H18N2O2S2.ClH/c1-10-8-11(2)19-14(10)20(17,18)16-9-13(15)12-6-4-3-5-7-12;/h3-8,13,16H,9,15H2,1-2H3;1H. The number of hydrogen-bond acceptors (Lipinski definition) is 4. The molecule has 1 aromatic carbocycles. The molecule has 0 aliphatic heterocycles. The van der Waals surface area contributed by atoms with Gasteiger partial charge in [0.2, 0.25) is 10.0 Å². The molecule has 0 aliphatic carbocycles. The van der Waals surface area contributed by atoms with Crippen LogP contribution in [0.5, 0.6) is 0 Å². The van der Waals surface area contributed by atoms with E-state index in [-0.39, 0.29) is 25.0 Å². The summed E-state index contributed by atoms with van der Waals surface area (Å²) in [5, 5.41) is 0. The molecular weight excluding hydrogens is 328 g/mol. The van der Waals surface area contributed by atoms with Crippen LogP contribution in [0.3, 0.4) is 0 Å². The van der Waals surface area contributed by atoms with E-state index in [1.165, 1.54) is 11.3 Å². The number of benzene rings is 1. The van der Waals surface area contributed by atoms with Crippen LogP contribution in [0.4, 0.5) is 0 Å². The zero-order chi connectivity index (χ0) is 14.8. The topological polar surface area (TPSA) is 72.2 Å². The van der Waals surface area contributed by atoms with Gasteiger partial charge in [-0.3, -0.25) is 0 Å². The summed E-state index contributed by atoms with van der Waals surface area (Å²) in [5.41, 5.74) is 7.68. The first-order chi connectivity index (χ1) is 9.40. The summed E-state index contributed by atoms with van der Waals surface area (Å²) in [7, 11) is -3.48. The Morgan fingerprint density at radius 1 is 1.24 bits per heavy atom. The van der Waals surface area contributed by atoms with Gasteiger partial charge in [0.25, 0.3) is 0 Å². The van der Waals surface area contributed by atoms with E-state index in [0.29, 0.717) is 4.21 Å². The van der Waals surface area contributed by atoms with Crippen molar-refractivity contribution in [2.24, 2.45) is 5.73 Å². The van der Waals surface area contributed by atoms with Crippen molar-refractivity contribution < 1.29 is 8.42 Å². The number of nitrogens with two attached hydrogens (primary N) is 1. The molecule has 7 heteroatoms. The van der Waals surface area contributed by atoms with Gasteiger partial charge in [-0.05, 0) is 31.0 Å². The minimum Gasteiger partial charge on any atom is -0.323 e. The predicted octanol–water partition coefficient (Wildman–Crippen LogP) is 2.77. The maximum Gasteiger partial charge on any atom is 0.250 e. The molecule has 0 saturated carbocycles. The van der Waals surface area contributed by atoms with Crippen LogP contribution in [-0.4, -0.2) is 15.0 Å². The Bertz CT molecular complexity index is 684. The Morgan fingerprint density at radius 3 is 2.38 bits per heavy atom. The lowest BCUT2D eigenvalue weighted by atomic mass is 10.1. The summed E-state index contributed by atoms with van der Waals surface area (Å²) < 4.78 is 27.4. The molecule has 1 aromatic heterocycles. The molecular formula is C14H19ClN2O2S2. The predicted molar refractivity (Wildman–Crippen MR) is 89.6 cm³/mol. The summed E-state index contributed by atoms with van der Waals surface area (Å²) in [5.74, 6) is 0. The van der Waals surface area contributed by atoms with Crippen LogP contribution in [-0.2, 0) is 10.0 Å². The average molecular weight is 347 g/mol. The summed E-state index contributed by atoms with van der Waals surface area (Å²) in [6, 6.07) is 11.0. The third-order valence-electron chi connectivity index (χ3n) is 2.96. The molecule has 0 saturated heterocycles. The summed E-state index contributed by atoms with van der Waals surface area (Å²) in [4.78, 5) is 0.982. The van der Waals surface area contributed by atoms with Crippen LogP contribution < -0.4 is 10.5 Å². The maximum absolute atomic E-state index is 12.2. The Kier molecular flexibility index (Phi) is 6.37. The third-order valence-corrected chi connectivity index (χ3v) is 6.17. The second-order valence-corrected chi connectivity index (χ2v) is 7.92. The fraction of sp³-hybridized carbons (Fsp3) is 0.286. The molecule has 0 bridgehead atoms. The van der Waals surface area contributed by atoms with Crippen molar-refractivity contribution in [3.63, 3.8) is 0 Å². The van der Waals surface area contributed by atoms with Gasteiger partial charge < -0.3 is 5.73 Å². The van der Waals surface area contributed by atoms with Crippen LogP contribution in [0, 0.1) is 13.8 Å². The number of rotatable bonds is 5. The van der Waals surface area contributed by atoms with E-state index in [1.54, 1.807) is 6.92 Å². The molecule has 116 valence electrons. The summed E-state index contributed by atoms with van der Waals surface area (Å²) >= 11 is 1.28. The molecule has 0 fully saturated rings. The Hall–Kier alpha value is -0.920. The molecule has 0 aliphatic rings. The van der Waals surface area contributed by atoms with E-state index in [4.69, 9.17) is 5.73 Å². The van der Waals surface area contributed by atoms with Crippen molar-refractivity contribution in [3.05, 3.63) is 52.4 Å². The van der Waals surface area contributed by atoms with E-state index in [2.05, 4.69) is 4.72 Å². The average Bonchev–Trinajstić information content (AvgIpc) is 2.77.